The van der Waals surface area contributed by atoms with Gasteiger partial charge in [-0.3, -0.25) is 4.79 Å². The molecule has 0 radical (unpaired) electrons. The molecule has 6 nitrogen and oxygen atoms in total. The number of unbranched alkanes of at least 4 members (excludes halogenated alkanes) is 1. The predicted octanol–water partition coefficient (Wildman–Crippen LogP) is 1.01. The second-order valence-corrected chi connectivity index (χ2v) is 4.23. The first-order chi connectivity index (χ1) is 8.26. The Morgan fingerprint density at radius 3 is 2.88 bits per heavy atom. The highest BCUT2D eigenvalue weighted by molar-refractivity contribution is 5.75. The number of carbonyl (C=O) groups is 1. The molecule has 0 aromatic carbocycles. The van der Waals surface area contributed by atoms with Crippen molar-refractivity contribution < 1.29 is 4.79 Å². The minimum atomic E-state index is -0.0350. The monoisotopic (exact) mass is 239 g/mol. The second kappa shape index (κ2) is 7.76. The highest BCUT2D eigenvalue weighted by Crippen LogP contribution is 2.10. The molecule has 1 aromatic rings. The van der Waals surface area contributed by atoms with Crippen molar-refractivity contribution >= 4 is 5.91 Å². The highest BCUT2D eigenvalue weighted by atomic mass is 16.2. The van der Waals surface area contributed by atoms with Crippen LogP contribution in [0.15, 0.2) is 6.33 Å². The molecule has 0 spiro atoms. The summed E-state index contributed by atoms with van der Waals surface area (Å²) in [6, 6.07) is 0. The molecular formula is C11H21N5O. The van der Waals surface area contributed by atoms with Gasteiger partial charge < -0.3 is 5.32 Å². The van der Waals surface area contributed by atoms with Crippen LogP contribution in [0.2, 0.25) is 0 Å². The van der Waals surface area contributed by atoms with Crippen LogP contribution in [0.4, 0.5) is 0 Å². The van der Waals surface area contributed by atoms with Crippen molar-refractivity contribution in [1.29, 1.82) is 0 Å². The first kappa shape index (κ1) is 13.6. The molecule has 0 saturated heterocycles. The van der Waals surface area contributed by atoms with Crippen molar-refractivity contribution in [3.63, 3.8) is 0 Å². The molecule has 0 bridgehead atoms. The van der Waals surface area contributed by atoms with Crippen molar-refractivity contribution in [1.82, 2.24) is 25.5 Å². The lowest BCUT2D eigenvalue weighted by atomic mass is 9.99. The Balaban J connectivity index is 2.21. The molecule has 1 rings (SSSR count). The fourth-order valence-corrected chi connectivity index (χ4v) is 1.66. The first-order valence-electron chi connectivity index (χ1n) is 6.23. The summed E-state index contributed by atoms with van der Waals surface area (Å²) < 4.78 is 1.42. The van der Waals surface area contributed by atoms with Gasteiger partial charge in [0.25, 0.3) is 0 Å². The average molecular weight is 239 g/mol. The lowest BCUT2D eigenvalue weighted by Crippen LogP contribution is -2.32. The molecule has 0 aliphatic rings. The van der Waals surface area contributed by atoms with Crippen LogP contribution < -0.4 is 5.32 Å². The summed E-state index contributed by atoms with van der Waals surface area (Å²) in [4.78, 5) is 11.6. The Labute approximate surface area is 102 Å². The zero-order valence-electron chi connectivity index (χ0n) is 10.6. The van der Waals surface area contributed by atoms with Crippen LogP contribution in [0.5, 0.6) is 0 Å². The van der Waals surface area contributed by atoms with Crippen LogP contribution in [-0.4, -0.2) is 32.7 Å². The maximum atomic E-state index is 11.6. The smallest absolute Gasteiger partial charge is 0.241 e. The summed E-state index contributed by atoms with van der Waals surface area (Å²) >= 11 is 0. The number of amides is 1. The molecule has 6 heteroatoms. The Bertz CT molecular complexity index is 312. The third kappa shape index (κ3) is 5.42. The van der Waals surface area contributed by atoms with Gasteiger partial charge in [0, 0.05) is 6.54 Å². The van der Waals surface area contributed by atoms with E-state index in [0.29, 0.717) is 5.92 Å². The van der Waals surface area contributed by atoms with E-state index in [9.17, 15) is 4.79 Å². The van der Waals surface area contributed by atoms with Crippen molar-refractivity contribution in [3.05, 3.63) is 6.33 Å². The largest absolute Gasteiger partial charge is 0.354 e. The van der Waals surface area contributed by atoms with Gasteiger partial charge in [0.1, 0.15) is 12.9 Å². The second-order valence-electron chi connectivity index (χ2n) is 4.23. The van der Waals surface area contributed by atoms with Crippen LogP contribution in [0, 0.1) is 5.92 Å². The van der Waals surface area contributed by atoms with Crippen molar-refractivity contribution in [2.45, 2.75) is 46.1 Å². The van der Waals surface area contributed by atoms with Crippen molar-refractivity contribution in [2.24, 2.45) is 5.92 Å². The molecule has 1 aromatic heterocycles. The van der Waals surface area contributed by atoms with E-state index < -0.39 is 0 Å². The molecule has 96 valence electrons. The number of carbonyl (C=O) groups excluding carboxylic acids is 1. The zero-order valence-corrected chi connectivity index (χ0v) is 10.6. The van der Waals surface area contributed by atoms with Crippen LogP contribution in [0.3, 0.4) is 0 Å². The van der Waals surface area contributed by atoms with E-state index in [4.69, 9.17) is 0 Å². The van der Waals surface area contributed by atoms with Gasteiger partial charge >= 0.3 is 0 Å². The van der Waals surface area contributed by atoms with Crippen molar-refractivity contribution in [3.8, 4) is 0 Å². The van der Waals surface area contributed by atoms with E-state index in [1.807, 2.05) is 0 Å². The standard InChI is InChI=1S/C11H21N5O/c1-3-5-6-10(4-2)7-12-11(17)8-16-9-13-14-15-16/h9-10H,3-8H2,1-2H3,(H,12,17). The third-order valence-electron chi connectivity index (χ3n) is 2.83. The summed E-state index contributed by atoms with van der Waals surface area (Å²) in [6.07, 6.45) is 6.15. The summed E-state index contributed by atoms with van der Waals surface area (Å²) in [7, 11) is 0. The molecule has 0 aliphatic heterocycles. The van der Waals surface area contributed by atoms with Gasteiger partial charge in [0.15, 0.2) is 0 Å². The summed E-state index contributed by atoms with van der Waals surface area (Å²) in [6.45, 7) is 5.28. The SMILES string of the molecule is CCCCC(CC)CNC(=O)Cn1cnnn1. The van der Waals surface area contributed by atoms with Gasteiger partial charge in [-0.15, -0.1) is 5.10 Å². The number of hydrogen-bond donors (Lipinski definition) is 1. The van der Waals surface area contributed by atoms with Gasteiger partial charge in [-0.1, -0.05) is 33.1 Å². The van der Waals surface area contributed by atoms with Crippen LogP contribution in [0.1, 0.15) is 39.5 Å². The molecule has 1 amide bonds. The number of nitrogens with zero attached hydrogens (tertiary/aromatic N) is 4. The molecule has 1 N–H and O–H groups in total. The minimum Gasteiger partial charge on any atom is -0.354 e. The Morgan fingerprint density at radius 1 is 1.47 bits per heavy atom. The topological polar surface area (TPSA) is 72.7 Å². The van der Waals surface area contributed by atoms with E-state index in [0.717, 1.165) is 13.0 Å². The van der Waals surface area contributed by atoms with Gasteiger partial charge in [-0.25, -0.2) is 4.68 Å². The fourth-order valence-electron chi connectivity index (χ4n) is 1.66. The van der Waals surface area contributed by atoms with E-state index in [1.54, 1.807) is 0 Å². The minimum absolute atomic E-state index is 0.0350. The number of tetrazole rings is 1. The van der Waals surface area contributed by atoms with E-state index in [1.165, 1.54) is 30.3 Å². The zero-order chi connectivity index (χ0) is 12.5. The van der Waals surface area contributed by atoms with Gasteiger partial charge in [0.05, 0.1) is 0 Å². The summed E-state index contributed by atoms with van der Waals surface area (Å²) in [5.41, 5.74) is 0. The average Bonchev–Trinajstić information content (AvgIpc) is 2.82. The van der Waals surface area contributed by atoms with Crippen LogP contribution >= 0.6 is 0 Å². The molecule has 17 heavy (non-hydrogen) atoms. The lowest BCUT2D eigenvalue weighted by molar-refractivity contribution is -0.122. The number of aromatic nitrogens is 4. The van der Waals surface area contributed by atoms with Gasteiger partial charge in [-0.05, 0) is 22.8 Å². The number of rotatable bonds is 8. The first-order valence-corrected chi connectivity index (χ1v) is 6.23. The Hall–Kier alpha value is -1.46. The molecule has 1 unspecified atom stereocenters. The summed E-state index contributed by atoms with van der Waals surface area (Å²) in [5, 5.41) is 13.5. The molecule has 0 fully saturated rings. The number of nitrogens with one attached hydrogen (secondary N) is 1. The van der Waals surface area contributed by atoms with E-state index in [-0.39, 0.29) is 12.5 Å². The van der Waals surface area contributed by atoms with E-state index in [2.05, 4.69) is 34.7 Å². The predicted molar refractivity (Wildman–Crippen MR) is 64.1 cm³/mol. The highest BCUT2D eigenvalue weighted by Gasteiger charge is 2.08. The van der Waals surface area contributed by atoms with Gasteiger partial charge in [0.2, 0.25) is 5.91 Å². The normalized spacial score (nSPS) is 12.4. The molecule has 1 atom stereocenters. The van der Waals surface area contributed by atoms with Gasteiger partial charge in [-0.2, -0.15) is 0 Å². The molecule has 0 saturated carbocycles. The fraction of sp³-hybridized carbons (Fsp3) is 0.818. The molecule has 0 aliphatic carbocycles. The lowest BCUT2D eigenvalue weighted by Gasteiger charge is -2.15. The maximum absolute atomic E-state index is 11.6. The summed E-state index contributed by atoms with van der Waals surface area (Å²) in [5.74, 6) is 0.542. The quantitative estimate of drug-likeness (QED) is 0.734. The van der Waals surface area contributed by atoms with Crippen LogP contribution in [0.25, 0.3) is 0 Å². The number of hydrogen-bond acceptors (Lipinski definition) is 4. The molecule has 1 heterocycles. The Kier molecular flexibility index (Phi) is 6.21. The van der Waals surface area contributed by atoms with Crippen molar-refractivity contribution in [2.75, 3.05) is 6.54 Å². The molecular weight excluding hydrogens is 218 g/mol. The maximum Gasteiger partial charge on any atom is 0.241 e. The van der Waals surface area contributed by atoms with E-state index >= 15 is 0 Å². The third-order valence-corrected chi connectivity index (χ3v) is 2.83. The van der Waals surface area contributed by atoms with Crippen LogP contribution in [-0.2, 0) is 11.3 Å². The Morgan fingerprint density at radius 2 is 2.29 bits per heavy atom.